The number of hydrogen-bond donors (Lipinski definition) is 0. The molecule has 2 aromatic rings. The van der Waals surface area contributed by atoms with Crippen molar-refractivity contribution in [1.29, 1.82) is 0 Å². The zero-order chi connectivity index (χ0) is 10.8. The van der Waals surface area contributed by atoms with Crippen LogP contribution in [0.1, 0.15) is 26.1 Å². The SMILES string of the molecule is Cc1nc(C)c(C(=O)Cc2ccco2)s1. The van der Waals surface area contributed by atoms with Crippen LogP contribution in [0.2, 0.25) is 0 Å². The van der Waals surface area contributed by atoms with Crippen LogP contribution >= 0.6 is 11.3 Å². The maximum Gasteiger partial charge on any atom is 0.182 e. The number of ketones is 1. The van der Waals surface area contributed by atoms with Gasteiger partial charge in [0.05, 0.1) is 28.3 Å². The molecule has 2 heterocycles. The highest BCUT2D eigenvalue weighted by molar-refractivity contribution is 7.13. The van der Waals surface area contributed by atoms with E-state index in [-0.39, 0.29) is 5.78 Å². The molecule has 0 fully saturated rings. The van der Waals surface area contributed by atoms with E-state index in [0.717, 1.165) is 15.6 Å². The van der Waals surface area contributed by atoms with Crippen LogP contribution in [0.25, 0.3) is 0 Å². The van der Waals surface area contributed by atoms with Crippen molar-refractivity contribution in [3.8, 4) is 0 Å². The Hall–Kier alpha value is -1.42. The summed E-state index contributed by atoms with van der Waals surface area (Å²) >= 11 is 1.44. The van der Waals surface area contributed by atoms with Gasteiger partial charge in [0.2, 0.25) is 0 Å². The van der Waals surface area contributed by atoms with Crippen LogP contribution in [-0.4, -0.2) is 10.8 Å². The number of Topliss-reactive ketones (excluding diaryl/α,β-unsaturated/α-hetero) is 1. The Labute approximate surface area is 91.8 Å². The number of furan rings is 1. The highest BCUT2D eigenvalue weighted by Crippen LogP contribution is 2.19. The lowest BCUT2D eigenvalue weighted by Gasteiger charge is -1.95. The molecule has 78 valence electrons. The van der Waals surface area contributed by atoms with Crippen molar-refractivity contribution < 1.29 is 9.21 Å². The Balaban J connectivity index is 2.18. The molecule has 0 bridgehead atoms. The molecule has 15 heavy (non-hydrogen) atoms. The minimum absolute atomic E-state index is 0.0769. The number of carbonyl (C=O) groups excluding carboxylic acids is 1. The quantitative estimate of drug-likeness (QED) is 0.748. The van der Waals surface area contributed by atoms with Crippen molar-refractivity contribution in [1.82, 2.24) is 4.98 Å². The van der Waals surface area contributed by atoms with E-state index in [1.807, 2.05) is 13.8 Å². The van der Waals surface area contributed by atoms with Crippen molar-refractivity contribution in [2.45, 2.75) is 20.3 Å². The van der Waals surface area contributed by atoms with Crippen LogP contribution in [-0.2, 0) is 6.42 Å². The van der Waals surface area contributed by atoms with Gasteiger partial charge in [-0.05, 0) is 26.0 Å². The zero-order valence-electron chi connectivity index (χ0n) is 8.61. The summed E-state index contributed by atoms with van der Waals surface area (Å²) in [5, 5.41) is 0.926. The van der Waals surface area contributed by atoms with Gasteiger partial charge in [0.1, 0.15) is 5.76 Å². The molecule has 2 aromatic heterocycles. The van der Waals surface area contributed by atoms with E-state index in [1.165, 1.54) is 11.3 Å². The molecule has 0 aromatic carbocycles. The van der Waals surface area contributed by atoms with Gasteiger partial charge in [0, 0.05) is 0 Å². The van der Waals surface area contributed by atoms with Crippen molar-refractivity contribution in [2.75, 3.05) is 0 Å². The second kappa shape index (κ2) is 3.98. The fourth-order valence-corrected chi connectivity index (χ4v) is 2.30. The van der Waals surface area contributed by atoms with Crippen molar-refractivity contribution in [3.63, 3.8) is 0 Å². The van der Waals surface area contributed by atoms with Gasteiger partial charge >= 0.3 is 0 Å². The number of carbonyl (C=O) groups is 1. The van der Waals surface area contributed by atoms with Crippen molar-refractivity contribution in [2.24, 2.45) is 0 Å². The lowest BCUT2D eigenvalue weighted by molar-refractivity contribution is 0.0990. The third-order valence-corrected chi connectivity index (χ3v) is 3.19. The Kier molecular flexibility index (Phi) is 2.68. The predicted molar refractivity (Wildman–Crippen MR) is 58.3 cm³/mol. The lowest BCUT2D eigenvalue weighted by Crippen LogP contribution is -2.02. The smallest absolute Gasteiger partial charge is 0.182 e. The second-order valence-corrected chi connectivity index (χ2v) is 4.53. The van der Waals surface area contributed by atoms with E-state index in [4.69, 9.17) is 4.42 Å². The Morgan fingerprint density at radius 2 is 2.33 bits per heavy atom. The van der Waals surface area contributed by atoms with Crippen molar-refractivity contribution >= 4 is 17.1 Å². The molecule has 0 saturated heterocycles. The molecule has 0 amide bonds. The average molecular weight is 221 g/mol. The molecular formula is C11H11NO2S. The van der Waals surface area contributed by atoms with Crippen LogP contribution in [0.3, 0.4) is 0 Å². The summed E-state index contributed by atoms with van der Waals surface area (Å²) in [5.74, 6) is 0.776. The molecule has 4 heteroatoms. The number of aromatic nitrogens is 1. The number of rotatable bonds is 3. The first-order valence-electron chi connectivity index (χ1n) is 4.66. The second-order valence-electron chi connectivity index (χ2n) is 3.33. The van der Waals surface area contributed by atoms with Gasteiger partial charge in [-0.25, -0.2) is 4.98 Å². The third-order valence-electron chi connectivity index (χ3n) is 2.07. The molecule has 0 aliphatic rings. The van der Waals surface area contributed by atoms with Gasteiger partial charge in [-0.15, -0.1) is 11.3 Å². The van der Waals surface area contributed by atoms with Crippen LogP contribution in [0, 0.1) is 13.8 Å². The monoisotopic (exact) mass is 221 g/mol. The first-order chi connectivity index (χ1) is 7.16. The zero-order valence-corrected chi connectivity index (χ0v) is 9.43. The van der Waals surface area contributed by atoms with Gasteiger partial charge in [0.25, 0.3) is 0 Å². The van der Waals surface area contributed by atoms with E-state index in [2.05, 4.69) is 4.98 Å². The molecule has 0 unspecified atom stereocenters. The summed E-state index contributed by atoms with van der Waals surface area (Å²) in [6.07, 6.45) is 1.89. The molecule has 0 radical (unpaired) electrons. The summed E-state index contributed by atoms with van der Waals surface area (Å²) in [5.41, 5.74) is 0.814. The fraction of sp³-hybridized carbons (Fsp3) is 0.273. The first kappa shape index (κ1) is 10.1. The van der Waals surface area contributed by atoms with E-state index in [1.54, 1.807) is 18.4 Å². The lowest BCUT2D eigenvalue weighted by atomic mass is 10.2. The van der Waals surface area contributed by atoms with Gasteiger partial charge in [-0.2, -0.15) is 0 Å². The van der Waals surface area contributed by atoms with Crippen LogP contribution < -0.4 is 0 Å². The maximum atomic E-state index is 11.9. The standard InChI is InChI=1S/C11H11NO2S/c1-7-11(15-8(2)12-7)10(13)6-9-4-3-5-14-9/h3-5H,6H2,1-2H3. The van der Waals surface area contributed by atoms with Crippen molar-refractivity contribution in [3.05, 3.63) is 39.7 Å². The topological polar surface area (TPSA) is 43.1 Å². The Morgan fingerprint density at radius 1 is 1.53 bits per heavy atom. The van der Waals surface area contributed by atoms with Gasteiger partial charge < -0.3 is 4.42 Å². The van der Waals surface area contributed by atoms with Gasteiger partial charge in [0.15, 0.2) is 5.78 Å². The number of aryl methyl sites for hydroxylation is 2. The number of thiazole rings is 1. The highest BCUT2D eigenvalue weighted by atomic mass is 32.1. The minimum atomic E-state index is 0.0769. The molecule has 3 nitrogen and oxygen atoms in total. The molecule has 0 N–H and O–H groups in total. The summed E-state index contributed by atoms with van der Waals surface area (Å²) in [7, 11) is 0. The molecule has 0 aliphatic heterocycles. The molecule has 2 rings (SSSR count). The maximum absolute atomic E-state index is 11.9. The van der Waals surface area contributed by atoms with Crippen LogP contribution in [0.4, 0.5) is 0 Å². The summed E-state index contributed by atoms with van der Waals surface area (Å²) < 4.78 is 5.14. The number of hydrogen-bond acceptors (Lipinski definition) is 4. The van der Waals surface area contributed by atoms with E-state index < -0.39 is 0 Å². The molecule has 0 aliphatic carbocycles. The molecule has 0 spiro atoms. The molecule has 0 saturated carbocycles. The minimum Gasteiger partial charge on any atom is -0.469 e. The van der Waals surface area contributed by atoms with Gasteiger partial charge in [-0.3, -0.25) is 4.79 Å². The number of nitrogens with zero attached hydrogens (tertiary/aromatic N) is 1. The third kappa shape index (κ3) is 2.15. The first-order valence-corrected chi connectivity index (χ1v) is 5.48. The highest BCUT2D eigenvalue weighted by Gasteiger charge is 2.15. The van der Waals surface area contributed by atoms with E-state index in [9.17, 15) is 4.79 Å². The molecule has 0 atom stereocenters. The summed E-state index contributed by atoms with van der Waals surface area (Å²) in [4.78, 5) is 16.8. The van der Waals surface area contributed by atoms with E-state index in [0.29, 0.717) is 12.2 Å². The van der Waals surface area contributed by atoms with Crippen LogP contribution in [0.15, 0.2) is 22.8 Å². The Bertz CT molecular complexity index is 471. The summed E-state index contributed by atoms with van der Waals surface area (Å²) in [6.45, 7) is 3.76. The van der Waals surface area contributed by atoms with Gasteiger partial charge in [-0.1, -0.05) is 0 Å². The largest absolute Gasteiger partial charge is 0.469 e. The normalized spacial score (nSPS) is 10.5. The fourth-order valence-electron chi connectivity index (χ4n) is 1.44. The van der Waals surface area contributed by atoms with Crippen LogP contribution in [0.5, 0.6) is 0 Å². The molecular weight excluding hydrogens is 210 g/mol. The Morgan fingerprint density at radius 3 is 2.87 bits per heavy atom. The predicted octanol–water partition coefficient (Wildman–Crippen LogP) is 2.78. The summed E-state index contributed by atoms with van der Waals surface area (Å²) in [6, 6.07) is 3.59. The van der Waals surface area contributed by atoms with E-state index >= 15 is 0 Å². The average Bonchev–Trinajstić information content (AvgIpc) is 2.75.